The third-order valence-electron chi connectivity index (χ3n) is 5.60. The molecular formula is C25H21NO4S. The quantitative estimate of drug-likeness (QED) is 0.582. The number of hydrogen-bond acceptors (Lipinski definition) is 6. The number of ketones is 1. The number of benzene rings is 3. The molecule has 0 spiro atoms. The van der Waals surface area contributed by atoms with Crippen LogP contribution in [0.5, 0.6) is 17.2 Å². The van der Waals surface area contributed by atoms with Crippen molar-refractivity contribution in [3.05, 3.63) is 82.9 Å². The molecule has 0 saturated carbocycles. The van der Waals surface area contributed by atoms with E-state index in [2.05, 4.69) is 11.4 Å². The van der Waals surface area contributed by atoms with Gasteiger partial charge in [0.25, 0.3) is 0 Å². The number of anilines is 1. The summed E-state index contributed by atoms with van der Waals surface area (Å²) in [5, 5.41) is 3.29. The highest BCUT2D eigenvalue weighted by atomic mass is 32.2. The topological polar surface area (TPSA) is 56.8 Å². The number of nitrogens with one attached hydrogen (secondary N) is 1. The van der Waals surface area contributed by atoms with Crippen LogP contribution in [0.1, 0.15) is 26.7 Å². The third-order valence-corrected chi connectivity index (χ3v) is 6.95. The summed E-state index contributed by atoms with van der Waals surface area (Å²) in [6.45, 7) is 0. The average Bonchev–Trinajstić information content (AvgIpc) is 2.97. The molecule has 0 aromatic heterocycles. The number of para-hydroxylation sites is 1. The van der Waals surface area contributed by atoms with Crippen LogP contribution in [-0.2, 0) is 0 Å². The summed E-state index contributed by atoms with van der Waals surface area (Å²) in [6.07, 6.45) is 0. The zero-order valence-electron chi connectivity index (χ0n) is 17.4. The lowest BCUT2D eigenvalue weighted by molar-refractivity contribution is 0.103. The van der Waals surface area contributed by atoms with Gasteiger partial charge in [-0.3, -0.25) is 4.79 Å². The molecule has 5 rings (SSSR count). The summed E-state index contributed by atoms with van der Waals surface area (Å²) >= 11 is 1.64. The fourth-order valence-electron chi connectivity index (χ4n) is 4.17. The lowest BCUT2D eigenvalue weighted by Gasteiger charge is -2.20. The molecule has 0 radical (unpaired) electrons. The number of carbonyl (C=O) groups is 1. The van der Waals surface area contributed by atoms with Crippen molar-refractivity contribution in [1.29, 1.82) is 0 Å². The van der Waals surface area contributed by atoms with E-state index in [9.17, 15) is 4.79 Å². The molecule has 0 amide bonds. The number of fused-ring (bicyclic) bond motifs is 3. The van der Waals surface area contributed by atoms with Crippen LogP contribution in [0, 0.1) is 0 Å². The van der Waals surface area contributed by atoms with E-state index in [4.69, 9.17) is 14.2 Å². The van der Waals surface area contributed by atoms with Gasteiger partial charge in [-0.25, -0.2) is 0 Å². The highest BCUT2D eigenvalue weighted by molar-refractivity contribution is 8.00. The molecule has 156 valence electrons. The second-order valence-electron chi connectivity index (χ2n) is 7.24. The predicted octanol–water partition coefficient (Wildman–Crippen LogP) is 5.58. The molecule has 3 aromatic carbocycles. The van der Waals surface area contributed by atoms with Gasteiger partial charge in [-0.1, -0.05) is 36.4 Å². The summed E-state index contributed by atoms with van der Waals surface area (Å²) in [7, 11) is 4.78. The van der Waals surface area contributed by atoms with E-state index >= 15 is 0 Å². The van der Waals surface area contributed by atoms with E-state index in [1.165, 1.54) is 0 Å². The summed E-state index contributed by atoms with van der Waals surface area (Å²) in [5.41, 5.74) is 5.13. The maximum atomic E-state index is 13.6. The number of ether oxygens (including phenoxy) is 3. The van der Waals surface area contributed by atoms with Gasteiger partial charge in [0, 0.05) is 21.6 Å². The molecule has 3 aromatic rings. The Balaban J connectivity index is 1.75. The Bertz CT molecular complexity index is 1210. The molecule has 1 N–H and O–H groups in total. The highest BCUT2D eigenvalue weighted by Gasteiger charge is 2.38. The highest BCUT2D eigenvalue weighted by Crippen LogP contribution is 2.54. The number of methoxy groups -OCH3 is 3. The molecule has 1 aliphatic carbocycles. The Morgan fingerprint density at radius 1 is 0.839 bits per heavy atom. The second-order valence-corrected chi connectivity index (χ2v) is 8.39. The normalized spacial score (nSPS) is 16.6. The van der Waals surface area contributed by atoms with Crippen molar-refractivity contribution in [3.63, 3.8) is 0 Å². The van der Waals surface area contributed by atoms with Crippen LogP contribution in [0.4, 0.5) is 5.69 Å². The van der Waals surface area contributed by atoms with Crippen LogP contribution >= 0.6 is 11.8 Å². The second kappa shape index (κ2) is 7.71. The number of thioether (sulfide) groups is 1. The zero-order chi connectivity index (χ0) is 21.5. The van der Waals surface area contributed by atoms with Crippen molar-refractivity contribution in [2.24, 2.45) is 0 Å². The minimum Gasteiger partial charge on any atom is -0.493 e. The van der Waals surface area contributed by atoms with Crippen molar-refractivity contribution in [2.75, 3.05) is 26.6 Å². The van der Waals surface area contributed by atoms with Crippen LogP contribution in [-0.4, -0.2) is 27.1 Å². The van der Waals surface area contributed by atoms with Crippen LogP contribution in [0.2, 0.25) is 0 Å². The Morgan fingerprint density at radius 2 is 1.48 bits per heavy atom. The van der Waals surface area contributed by atoms with E-state index in [0.717, 1.165) is 38.5 Å². The van der Waals surface area contributed by atoms with Gasteiger partial charge in [-0.15, -0.1) is 11.8 Å². The minimum atomic E-state index is -0.250. The zero-order valence-corrected chi connectivity index (χ0v) is 18.2. The Kier molecular flexibility index (Phi) is 4.87. The molecule has 1 atom stereocenters. The van der Waals surface area contributed by atoms with Crippen molar-refractivity contribution in [2.45, 2.75) is 10.1 Å². The molecular weight excluding hydrogens is 410 g/mol. The van der Waals surface area contributed by atoms with Gasteiger partial charge in [-0.05, 0) is 29.8 Å². The molecule has 2 aliphatic rings. The van der Waals surface area contributed by atoms with Crippen LogP contribution < -0.4 is 19.5 Å². The van der Waals surface area contributed by atoms with E-state index in [1.54, 1.807) is 33.1 Å². The van der Waals surface area contributed by atoms with Crippen molar-refractivity contribution < 1.29 is 19.0 Å². The maximum absolute atomic E-state index is 13.6. The smallest absolute Gasteiger partial charge is 0.203 e. The first-order chi connectivity index (χ1) is 15.2. The van der Waals surface area contributed by atoms with E-state index in [0.29, 0.717) is 17.2 Å². The van der Waals surface area contributed by atoms with Gasteiger partial charge in [0.1, 0.15) is 0 Å². The number of carbonyl (C=O) groups excluding carboxylic acids is 1. The SMILES string of the molecule is COc1cc(C2Sc3ccccc3NC3=C2C(=O)c2ccccc23)cc(OC)c1OC. The Hall–Kier alpha value is -3.38. The van der Waals surface area contributed by atoms with Crippen LogP contribution in [0.3, 0.4) is 0 Å². The monoisotopic (exact) mass is 431 g/mol. The number of hydrogen-bond donors (Lipinski definition) is 1. The molecule has 0 bridgehead atoms. The third kappa shape index (κ3) is 3.06. The molecule has 6 heteroatoms. The number of rotatable bonds is 4. The van der Waals surface area contributed by atoms with Gasteiger partial charge in [0.05, 0.1) is 38.0 Å². The largest absolute Gasteiger partial charge is 0.493 e. The van der Waals surface area contributed by atoms with Crippen molar-refractivity contribution >= 4 is 28.9 Å². The van der Waals surface area contributed by atoms with Gasteiger partial charge in [-0.2, -0.15) is 0 Å². The Morgan fingerprint density at radius 3 is 2.16 bits per heavy atom. The lowest BCUT2D eigenvalue weighted by atomic mass is 10.00. The van der Waals surface area contributed by atoms with Gasteiger partial charge in [0.15, 0.2) is 17.3 Å². The fraction of sp³-hybridized carbons (Fsp3) is 0.160. The maximum Gasteiger partial charge on any atom is 0.203 e. The summed E-state index contributed by atoms with van der Waals surface area (Å²) < 4.78 is 16.7. The van der Waals surface area contributed by atoms with Crippen molar-refractivity contribution in [3.8, 4) is 17.2 Å². The van der Waals surface area contributed by atoms with E-state index < -0.39 is 0 Å². The lowest BCUT2D eigenvalue weighted by Crippen LogP contribution is -2.08. The average molecular weight is 432 g/mol. The first kappa shape index (κ1) is 19.6. The summed E-state index contributed by atoms with van der Waals surface area (Å²) in [4.78, 5) is 14.6. The van der Waals surface area contributed by atoms with Gasteiger partial charge >= 0.3 is 0 Å². The van der Waals surface area contributed by atoms with Crippen LogP contribution in [0.25, 0.3) is 5.70 Å². The molecule has 1 unspecified atom stereocenters. The molecule has 31 heavy (non-hydrogen) atoms. The van der Waals surface area contributed by atoms with Gasteiger partial charge in [0.2, 0.25) is 5.75 Å². The minimum absolute atomic E-state index is 0.0390. The van der Waals surface area contributed by atoms with Crippen molar-refractivity contribution in [1.82, 2.24) is 0 Å². The predicted molar refractivity (Wildman–Crippen MR) is 122 cm³/mol. The molecule has 5 nitrogen and oxygen atoms in total. The molecule has 1 heterocycles. The molecule has 0 saturated heterocycles. The first-order valence-corrected chi connectivity index (χ1v) is 10.7. The van der Waals surface area contributed by atoms with Crippen LogP contribution in [0.15, 0.2) is 71.1 Å². The van der Waals surface area contributed by atoms with E-state index in [-0.39, 0.29) is 11.0 Å². The Labute approximate surface area is 185 Å². The standard InChI is InChI=1S/C25H21NO4S/c1-28-18-12-14(13-19(29-2)24(18)30-3)25-21-22(15-8-4-5-9-16(15)23(21)27)26-17-10-6-7-11-20(17)31-25/h4-13,25-26H,1-3H3. The summed E-state index contributed by atoms with van der Waals surface area (Å²) in [5.74, 6) is 1.69. The molecule has 1 aliphatic heterocycles. The fourth-order valence-corrected chi connectivity index (χ4v) is 5.44. The van der Waals surface area contributed by atoms with Gasteiger partial charge < -0.3 is 19.5 Å². The summed E-state index contributed by atoms with van der Waals surface area (Å²) in [6, 6.07) is 19.7. The van der Waals surface area contributed by atoms with E-state index in [1.807, 2.05) is 54.6 Å². The molecule has 0 fully saturated rings. The first-order valence-electron chi connectivity index (χ1n) is 9.87. The number of Topliss-reactive ketones (excluding diaryl/α,β-unsaturated/α-hetero) is 1.